The van der Waals surface area contributed by atoms with E-state index >= 15 is 0 Å². The van der Waals surface area contributed by atoms with E-state index in [-0.39, 0.29) is 90.3 Å². The molecule has 0 spiro atoms. The number of carbonyl (C=O) groups is 8. The maximum Gasteiger partial charge on any atom is 0.326 e. The minimum atomic E-state index is -1.36. The molecule has 0 aliphatic carbocycles. The summed E-state index contributed by atoms with van der Waals surface area (Å²) in [6, 6.07) is 7.93. The van der Waals surface area contributed by atoms with E-state index in [1.807, 2.05) is 22.6 Å². The predicted octanol–water partition coefficient (Wildman–Crippen LogP) is -0.841. The molecule has 1 fully saturated rings. The van der Waals surface area contributed by atoms with Crippen LogP contribution in [-0.4, -0.2) is 201 Å². The smallest absolute Gasteiger partial charge is 0.326 e. The van der Waals surface area contributed by atoms with Crippen molar-refractivity contribution in [2.24, 2.45) is 5.73 Å². The number of nitrogens with zero attached hydrogens (tertiary/aromatic N) is 4. The number of carboxylic acids is 5. The first-order valence-electron chi connectivity index (χ1n) is 21.5. The van der Waals surface area contributed by atoms with Gasteiger partial charge in [-0.3, -0.25) is 53.2 Å². The highest BCUT2D eigenvalue weighted by Crippen LogP contribution is 2.21. The van der Waals surface area contributed by atoms with E-state index in [1.165, 1.54) is 20.8 Å². The predicted molar refractivity (Wildman–Crippen MR) is 245 cm³/mol. The summed E-state index contributed by atoms with van der Waals surface area (Å²) in [7, 11) is 0. The molecule has 0 aromatic heterocycles. The standard InChI is InChI=1S/C43H61IN8O14/c44-30-22-29(9-11-35(30)53)24-32(40(61)48-33(23-28-6-2-1-3-7-28)41(62)47-31(42(63)64)8-4-5-13-45)46-36(54)12-10-34(43(65)66)52-20-18-50(26-38(57)58)16-14-49(25-37(55)56)15-17-51(19-21-52)27-39(59)60/h1-3,6-7,9,11,22,31-34,53H,4-5,8,10,12-21,23-27,45H2,(H,46,54)(H,47,62)(H,48,61)(H,55,56)(H,57,58)(H,59,60)(H,63,64)(H,65,66)/t31-,32-,33-,34?/m1/s1. The molecule has 0 radical (unpaired) electrons. The average molecular weight is 1040 g/mol. The van der Waals surface area contributed by atoms with Gasteiger partial charge in [0.2, 0.25) is 17.7 Å². The molecule has 0 saturated carbocycles. The van der Waals surface area contributed by atoms with Crippen LogP contribution in [0.4, 0.5) is 0 Å². The fraction of sp³-hybridized carbons (Fsp3) is 0.535. The Bertz CT molecular complexity index is 1930. The number of carbonyl (C=O) groups excluding carboxylic acids is 3. The molecule has 2 aromatic rings. The number of nitrogens with two attached hydrogens (primary N) is 1. The van der Waals surface area contributed by atoms with Crippen molar-refractivity contribution in [3.8, 4) is 5.75 Å². The fourth-order valence-corrected chi connectivity index (χ4v) is 7.97. The summed E-state index contributed by atoms with van der Waals surface area (Å²) in [6.07, 6.45) is 0.133. The molecule has 2 aromatic carbocycles. The van der Waals surface area contributed by atoms with Crippen LogP contribution in [0.3, 0.4) is 0 Å². The number of hydrogen-bond donors (Lipinski definition) is 10. The van der Waals surface area contributed by atoms with Gasteiger partial charge in [0.1, 0.15) is 29.9 Å². The molecule has 4 atom stereocenters. The molecule has 3 amide bonds. The van der Waals surface area contributed by atoms with Gasteiger partial charge in [-0.05, 0) is 78.1 Å². The first kappa shape index (κ1) is 54.9. The molecule has 66 heavy (non-hydrogen) atoms. The van der Waals surface area contributed by atoms with Crippen LogP contribution in [-0.2, 0) is 51.2 Å². The number of halogens is 1. The minimum absolute atomic E-state index is 0.0170. The lowest BCUT2D eigenvalue weighted by molar-refractivity contribution is -0.145. The summed E-state index contributed by atoms with van der Waals surface area (Å²) in [5.41, 5.74) is 6.72. The molecule has 1 unspecified atom stereocenters. The van der Waals surface area contributed by atoms with Gasteiger partial charge < -0.3 is 52.3 Å². The van der Waals surface area contributed by atoms with Crippen LogP contribution in [0.2, 0.25) is 0 Å². The molecule has 364 valence electrons. The summed E-state index contributed by atoms with van der Waals surface area (Å²) < 4.78 is 0.447. The second kappa shape index (κ2) is 28.5. The van der Waals surface area contributed by atoms with Gasteiger partial charge in [-0.15, -0.1) is 0 Å². The monoisotopic (exact) mass is 1040 g/mol. The third kappa shape index (κ3) is 20.4. The van der Waals surface area contributed by atoms with Crippen LogP contribution in [0, 0.1) is 3.57 Å². The lowest BCUT2D eigenvalue weighted by Crippen LogP contribution is -2.57. The zero-order chi connectivity index (χ0) is 48.8. The van der Waals surface area contributed by atoms with Crippen molar-refractivity contribution in [1.82, 2.24) is 35.6 Å². The molecule has 22 nitrogen and oxygen atoms in total. The largest absolute Gasteiger partial charge is 0.507 e. The molecular weight excluding hydrogens is 979 g/mol. The number of phenolic OH excluding ortho intramolecular Hbond substituents is 1. The van der Waals surface area contributed by atoms with Crippen LogP contribution >= 0.6 is 22.6 Å². The normalized spacial score (nSPS) is 16.6. The SMILES string of the molecule is NCCCC[C@@H](NC(=O)[C@@H](Cc1ccccc1)NC(=O)[C@@H](Cc1ccc(O)c(I)c1)NC(=O)CCC(C(=O)O)N1CCN(CC(=O)O)CCN(CC(=O)O)CCN(CC(=O)O)CC1)C(=O)O. The van der Waals surface area contributed by atoms with Crippen LogP contribution < -0.4 is 21.7 Å². The van der Waals surface area contributed by atoms with Crippen LogP contribution in [0.25, 0.3) is 0 Å². The Kier molecular flexibility index (Phi) is 23.7. The number of benzene rings is 2. The molecule has 1 heterocycles. The van der Waals surface area contributed by atoms with Crippen LogP contribution in [0.15, 0.2) is 48.5 Å². The topological polar surface area (TPSA) is 333 Å². The quantitative estimate of drug-likeness (QED) is 0.0428. The zero-order valence-electron chi connectivity index (χ0n) is 36.6. The van der Waals surface area contributed by atoms with E-state index in [0.29, 0.717) is 34.1 Å². The zero-order valence-corrected chi connectivity index (χ0v) is 38.7. The maximum atomic E-state index is 14.2. The fourth-order valence-electron chi connectivity index (χ4n) is 7.39. The Balaban J connectivity index is 1.89. The van der Waals surface area contributed by atoms with Crippen molar-refractivity contribution in [3.63, 3.8) is 0 Å². The van der Waals surface area contributed by atoms with E-state index in [2.05, 4.69) is 16.0 Å². The number of rotatable bonds is 25. The Morgan fingerprint density at radius 1 is 0.591 bits per heavy atom. The van der Waals surface area contributed by atoms with Gasteiger partial charge in [0.15, 0.2) is 0 Å². The highest BCUT2D eigenvalue weighted by atomic mass is 127. The van der Waals surface area contributed by atoms with E-state index in [4.69, 9.17) is 5.73 Å². The Morgan fingerprint density at radius 3 is 1.55 bits per heavy atom. The Hall–Kier alpha value is -5.47. The van der Waals surface area contributed by atoms with Gasteiger partial charge in [-0.25, -0.2) is 4.79 Å². The van der Waals surface area contributed by atoms with E-state index in [1.54, 1.807) is 47.4 Å². The molecule has 3 rings (SSSR count). The average Bonchev–Trinajstić information content (AvgIpc) is 3.24. The first-order valence-corrected chi connectivity index (χ1v) is 22.6. The summed E-state index contributed by atoms with van der Waals surface area (Å²) >= 11 is 1.89. The third-order valence-corrected chi connectivity index (χ3v) is 11.8. The van der Waals surface area contributed by atoms with E-state index in [9.17, 15) is 69.0 Å². The lowest BCUT2D eigenvalue weighted by atomic mass is 10.0. The van der Waals surface area contributed by atoms with Crippen molar-refractivity contribution in [1.29, 1.82) is 0 Å². The summed E-state index contributed by atoms with van der Waals surface area (Å²) in [5, 5.41) is 67.0. The Labute approximate surface area is 395 Å². The Morgan fingerprint density at radius 2 is 1.08 bits per heavy atom. The lowest BCUT2D eigenvalue weighted by Gasteiger charge is -2.35. The molecule has 11 N–H and O–H groups in total. The molecule has 1 aliphatic heterocycles. The third-order valence-electron chi connectivity index (χ3n) is 10.9. The molecular formula is C43H61IN8O14. The van der Waals surface area contributed by atoms with Crippen molar-refractivity contribution in [2.75, 3.05) is 78.5 Å². The number of hydrogen-bond acceptors (Lipinski definition) is 14. The first-order chi connectivity index (χ1) is 31.3. The van der Waals surface area contributed by atoms with Crippen LogP contribution in [0.1, 0.15) is 43.2 Å². The van der Waals surface area contributed by atoms with Gasteiger partial charge in [0, 0.05) is 71.6 Å². The number of carboxylic acid groups (broad SMARTS) is 5. The van der Waals surface area contributed by atoms with E-state index < -0.39 is 91.2 Å². The molecule has 0 bridgehead atoms. The molecule has 23 heteroatoms. The highest BCUT2D eigenvalue weighted by molar-refractivity contribution is 14.1. The van der Waals surface area contributed by atoms with Crippen molar-refractivity contribution in [2.45, 2.75) is 69.1 Å². The highest BCUT2D eigenvalue weighted by Gasteiger charge is 2.32. The molecule has 1 aliphatic rings. The van der Waals surface area contributed by atoms with Gasteiger partial charge in [-0.2, -0.15) is 0 Å². The number of aliphatic carboxylic acids is 5. The van der Waals surface area contributed by atoms with Crippen LogP contribution in [0.5, 0.6) is 5.75 Å². The summed E-state index contributed by atoms with van der Waals surface area (Å²) in [4.78, 5) is 108. The van der Waals surface area contributed by atoms with Gasteiger partial charge in [0.05, 0.1) is 23.2 Å². The van der Waals surface area contributed by atoms with Crippen molar-refractivity contribution < 1.29 is 69.0 Å². The second-order valence-electron chi connectivity index (χ2n) is 16.0. The minimum Gasteiger partial charge on any atom is -0.507 e. The summed E-state index contributed by atoms with van der Waals surface area (Å²) in [6.45, 7) is -0.352. The van der Waals surface area contributed by atoms with Gasteiger partial charge in [0.25, 0.3) is 0 Å². The second-order valence-corrected chi connectivity index (χ2v) is 17.1. The number of aromatic hydroxyl groups is 1. The van der Waals surface area contributed by atoms with Gasteiger partial charge >= 0.3 is 29.8 Å². The van der Waals surface area contributed by atoms with E-state index in [0.717, 1.165) is 0 Å². The number of amides is 3. The van der Waals surface area contributed by atoms with Gasteiger partial charge in [-0.1, -0.05) is 36.4 Å². The number of unbranched alkanes of at least 4 members (excludes halogenated alkanes) is 1. The number of phenols is 1. The molecule has 1 saturated heterocycles. The number of nitrogens with one attached hydrogen (secondary N) is 3. The maximum absolute atomic E-state index is 14.2. The summed E-state index contributed by atoms with van der Waals surface area (Å²) in [5.74, 6) is -8.39. The van der Waals surface area contributed by atoms with Crippen molar-refractivity contribution in [3.05, 3.63) is 63.2 Å². The van der Waals surface area contributed by atoms with Crippen molar-refractivity contribution >= 4 is 70.2 Å².